The Labute approximate surface area is 120 Å². The minimum absolute atomic E-state index is 0.101. The Morgan fingerprint density at radius 2 is 1.45 bits per heavy atom. The van der Waals surface area contributed by atoms with Crippen LogP contribution in [0.15, 0.2) is 42.5 Å². The Morgan fingerprint density at radius 1 is 0.900 bits per heavy atom. The summed E-state index contributed by atoms with van der Waals surface area (Å²) in [6.45, 7) is 2.09. The Balaban J connectivity index is 2.35. The molecule has 2 rings (SSSR count). The fourth-order valence-electron chi connectivity index (χ4n) is 2.13. The molecule has 0 saturated heterocycles. The topological polar surface area (TPSA) is 44.5 Å². The first kappa shape index (κ1) is 14.4. The summed E-state index contributed by atoms with van der Waals surface area (Å²) in [5.41, 5.74) is 9.38. The van der Waals surface area contributed by atoms with Crippen molar-refractivity contribution in [2.45, 2.75) is 19.4 Å². The summed E-state index contributed by atoms with van der Waals surface area (Å²) in [7, 11) is 3.31. The minimum atomic E-state index is 0.101. The predicted octanol–water partition coefficient (Wildman–Crippen LogP) is 3.78. The number of hydrogen-bond donors (Lipinski definition) is 1. The summed E-state index contributed by atoms with van der Waals surface area (Å²) in [5, 5.41) is 0. The van der Waals surface area contributed by atoms with Crippen molar-refractivity contribution in [2.75, 3.05) is 14.2 Å². The Kier molecular flexibility index (Phi) is 4.64. The molecule has 2 aromatic carbocycles. The lowest BCUT2D eigenvalue weighted by atomic mass is 10.00. The molecule has 2 N–H and O–H groups in total. The highest BCUT2D eigenvalue weighted by atomic mass is 16.5. The maximum atomic E-state index is 6.03. The molecule has 3 heteroatoms. The van der Waals surface area contributed by atoms with Gasteiger partial charge in [0.2, 0.25) is 0 Å². The second-order valence-electron chi connectivity index (χ2n) is 4.74. The second kappa shape index (κ2) is 6.44. The highest BCUT2D eigenvalue weighted by Crippen LogP contribution is 2.30. The number of rotatable bonds is 5. The predicted molar refractivity (Wildman–Crippen MR) is 82.2 cm³/mol. The zero-order valence-electron chi connectivity index (χ0n) is 12.2. The molecule has 0 amide bonds. The fourth-order valence-corrected chi connectivity index (χ4v) is 2.13. The SMILES string of the molecule is CCC(N)c1ccc(-c2cc(OC)cc(OC)c2)cc1. The maximum Gasteiger partial charge on any atom is 0.123 e. The highest BCUT2D eigenvalue weighted by Gasteiger charge is 2.06. The van der Waals surface area contributed by atoms with Crippen LogP contribution in [0.4, 0.5) is 0 Å². The molecule has 0 heterocycles. The number of methoxy groups -OCH3 is 2. The quantitative estimate of drug-likeness (QED) is 0.900. The number of benzene rings is 2. The van der Waals surface area contributed by atoms with Gasteiger partial charge in [0, 0.05) is 12.1 Å². The van der Waals surface area contributed by atoms with E-state index in [1.807, 2.05) is 18.2 Å². The molecule has 3 nitrogen and oxygen atoms in total. The van der Waals surface area contributed by atoms with Crippen LogP contribution in [0.1, 0.15) is 24.9 Å². The van der Waals surface area contributed by atoms with Crippen LogP contribution in [0.25, 0.3) is 11.1 Å². The van der Waals surface area contributed by atoms with Gasteiger partial charge >= 0.3 is 0 Å². The first-order valence-electron chi connectivity index (χ1n) is 6.77. The molecule has 1 atom stereocenters. The highest BCUT2D eigenvalue weighted by molar-refractivity contribution is 5.67. The van der Waals surface area contributed by atoms with E-state index in [9.17, 15) is 0 Å². The van der Waals surface area contributed by atoms with Crippen LogP contribution in [0.2, 0.25) is 0 Å². The van der Waals surface area contributed by atoms with E-state index >= 15 is 0 Å². The molecule has 0 aliphatic heterocycles. The summed E-state index contributed by atoms with van der Waals surface area (Å²) in [6.07, 6.45) is 0.937. The van der Waals surface area contributed by atoms with E-state index in [1.165, 1.54) is 0 Å². The van der Waals surface area contributed by atoms with E-state index in [0.717, 1.165) is 34.6 Å². The molecule has 2 aromatic rings. The van der Waals surface area contributed by atoms with Gasteiger partial charge in [0.05, 0.1) is 14.2 Å². The van der Waals surface area contributed by atoms with Gasteiger partial charge in [-0.1, -0.05) is 31.2 Å². The minimum Gasteiger partial charge on any atom is -0.497 e. The van der Waals surface area contributed by atoms with Crippen molar-refractivity contribution < 1.29 is 9.47 Å². The van der Waals surface area contributed by atoms with Crippen LogP contribution >= 0.6 is 0 Å². The molecule has 0 radical (unpaired) electrons. The van der Waals surface area contributed by atoms with Crippen LogP contribution in [-0.2, 0) is 0 Å². The monoisotopic (exact) mass is 271 g/mol. The van der Waals surface area contributed by atoms with Crippen LogP contribution in [0.5, 0.6) is 11.5 Å². The Morgan fingerprint density at radius 3 is 1.90 bits per heavy atom. The normalized spacial score (nSPS) is 12.0. The zero-order chi connectivity index (χ0) is 14.5. The van der Waals surface area contributed by atoms with Crippen molar-refractivity contribution in [1.29, 1.82) is 0 Å². The number of hydrogen-bond acceptors (Lipinski definition) is 3. The fraction of sp³-hybridized carbons (Fsp3) is 0.294. The molecular weight excluding hydrogens is 250 g/mol. The van der Waals surface area contributed by atoms with E-state index < -0.39 is 0 Å². The molecule has 0 aliphatic rings. The van der Waals surface area contributed by atoms with E-state index in [4.69, 9.17) is 15.2 Å². The first-order valence-corrected chi connectivity index (χ1v) is 6.77. The number of ether oxygens (including phenoxy) is 2. The van der Waals surface area contributed by atoms with Gasteiger partial charge in [-0.3, -0.25) is 0 Å². The smallest absolute Gasteiger partial charge is 0.123 e. The van der Waals surface area contributed by atoms with E-state index in [0.29, 0.717) is 0 Å². The van der Waals surface area contributed by atoms with Crippen LogP contribution in [0, 0.1) is 0 Å². The maximum absolute atomic E-state index is 6.03. The second-order valence-corrected chi connectivity index (χ2v) is 4.74. The van der Waals surface area contributed by atoms with Crippen molar-refractivity contribution in [1.82, 2.24) is 0 Å². The largest absolute Gasteiger partial charge is 0.497 e. The lowest BCUT2D eigenvalue weighted by molar-refractivity contribution is 0.394. The molecule has 0 aromatic heterocycles. The molecule has 0 aliphatic carbocycles. The summed E-state index contributed by atoms with van der Waals surface area (Å²) in [6, 6.07) is 14.3. The molecule has 0 bridgehead atoms. The average Bonchev–Trinajstić information content (AvgIpc) is 2.53. The molecule has 106 valence electrons. The third-order valence-electron chi connectivity index (χ3n) is 3.46. The zero-order valence-corrected chi connectivity index (χ0v) is 12.2. The van der Waals surface area contributed by atoms with Gasteiger partial charge in [-0.2, -0.15) is 0 Å². The van der Waals surface area contributed by atoms with Gasteiger partial charge in [0.15, 0.2) is 0 Å². The van der Waals surface area contributed by atoms with Crippen molar-refractivity contribution in [3.8, 4) is 22.6 Å². The van der Waals surface area contributed by atoms with Gasteiger partial charge < -0.3 is 15.2 Å². The van der Waals surface area contributed by atoms with Crippen molar-refractivity contribution in [3.05, 3.63) is 48.0 Å². The lowest BCUT2D eigenvalue weighted by Crippen LogP contribution is -2.08. The van der Waals surface area contributed by atoms with Crippen molar-refractivity contribution >= 4 is 0 Å². The van der Waals surface area contributed by atoms with Gasteiger partial charge in [-0.15, -0.1) is 0 Å². The third-order valence-corrected chi connectivity index (χ3v) is 3.46. The standard InChI is InChI=1S/C17H21NO2/c1-4-17(18)13-7-5-12(6-8-13)14-9-15(19-2)11-16(10-14)20-3/h5-11,17H,4,18H2,1-3H3. The third kappa shape index (κ3) is 3.11. The van der Waals surface area contributed by atoms with Crippen LogP contribution in [-0.4, -0.2) is 14.2 Å². The average molecular weight is 271 g/mol. The first-order chi connectivity index (χ1) is 9.67. The van der Waals surface area contributed by atoms with E-state index in [-0.39, 0.29) is 6.04 Å². The Hall–Kier alpha value is -2.00. The summed E-state index contributed by atoms with van der Waals surface area (Å²) in [5.74, 6) is 1.57. The Bertz CT molecular complexity index is 541. The van der Waals surface area contributed by atoms with Gasteiger partial charge in [0.1, 0.15) is 11.5 Å². The molecule has 20 heavy (non-hydrogen) atoms. The summed E-state index contributed by atoms with van der Waals surface area (Å²) in [4.78, 5) is 0. The van der Waals surface area contributed by atoms with Crippen molar-refractivity contribution in [3.63, 3.8) is 0 Å². The van der Waals surface area contributed by atoms with E-state index in [1.54, 1.807) is 14.2 Å². The molecule has 0 fully saturated rings. The van der Waals surface area contributed by atoms with Crippen LogP contribution < -0.4 is 15.2 Å². The number of nitrogens with two attached hydrogens (primary N) is 1. The van der Waals surface area contributed by atoms with Gasteiger partial charge in [-0.25, -0.2) is 0 Å². The summed E-state index contributed by atoms with van der Waals surface area (Å²) >= 11 is 0. The van der Waals surface area contributed by atoms with Gasteiger partial charge in [-0.05, 0) is 35.2 Å². The summed E-state index contributed by atoms with van der Waals surface area (Å²) < 4.78 is 10.6. The van der Waals surface area contributed by atoms with Crippen molar-refractivity contribution in [2.24, 2.45) is 5.73 Å². The lowest BCUT2D eigenvalue weighted by Gasteiger charge is -2.11. The molecule has 1 unspecified atom stereocenters. The van der Waals surface area contributed by atoms with E-state index in [2.05, 4.69) is 31.2 Å². The molecule has 0 spiro atoms. The van der Waals surface area contributed by atoms with Gasteiger partial charge in [0.25, 0.3) is 0 Å². The molecule has 0 saturated carbocycles. The van der Waals surface area contributed by atoms with Crippen LogP contribution in [0.3, 0.4) is 0 Å². The molecular formula is C17H21NO2.